The van der Waals surface area contributed by atoms with Crippen LogP contribution in [0.4, 0.5) is 4.39 Å². The van der Waals surface area contributed by atoms with E-state index in [9.17, 15) is 4.39 Å². The molecule has 84 valence electrons. The first-order chi connectivity index (χ1) is 7.10. The van der Waals surface area contributed by atoms with E-state index >= 15 is 0 Å². The molecule has 0 saturated heterocycles. The van der Waals surface area contributed by atoms with Gasteiger partial charge in [0.15, 0.2) is 0 Å². The van der Waals surface area contributed by atoms with E-state index in [0.717, 1.165) is 5.56 Å². The highest BCUT2D eigenvalue weighted by Crippen LogP contribution is 2.26. The summed E-state index contributed by atoms with van der Waals surface area (Å²) in [4.78, 5) is 0. The molecule has 0 spiro atoms. The molecule has 4 heteroatoms. The van der Waals surface area contributed by atoms with Gasteiger partial charge in [-0.3, -0.25) is 0 Å². The van der Waals surface area contributed by atoms with Gasteiger partial charge in [-0.1, -0.05) is 0 Å². The smallest absolute Gasteiger partial charge is 0.131 e. The van der Waals surface area contributed by atoms with Crippen molar-refractivity contribution in [3.63, 3.8) is 0 Å². The molecule has 0 aliphatic heterocycles. The molecule has 2 N–H and O–H groups in total. The second-order valence-electron chi connectivity index (χ2n) is 3.41. The van der Waals surface area contributed by atoms with Gasteiger partial charge in [0.2, 0.25) is 0 Å². The zero-order valence-electron chi connectivity index (χ0n) is 9.21. The van der Waals surface area contributed by atoms with Crippen LogP contribution in [0.2, 0.25) is 0 Å². The average molecular weight is 213 g/mol. The predicted octanol–water partition coefficient (Wildman–Crippen LogP) is 2.00. The van der Waals surface area contributed by atoms with Crippen LogP contribution in [-0.2, 0) is 11.3 Å². The van der Waals surface area contributed by atoms with Crippen molar-refractivity contribution >= 4 is 0 Å². The van der Waals surface area contributed by atoms with Crippen LogP contribution in [-0.4, -0.2) is 14.2 Å². The fraction of sp³-hybridized carbons (Fsp3) is 0.455. The van der Waals surface area contributed by atoms with Crippen LogP contribution >= 0.6 is 0 Å². The number of rotatable bonds is 4. The molecule has 0 amide bonds. The first-order valence-corrected chi connectivity index (χ1v) is 4.71. The van der Waals surface area contributed by atoms with Gasteiger partial charge in [0.1, 0.15) is 11.6 Å². The van der Waals surface area contributed by atoms with E-state index in [0.29, 0.717) is 17.9 Å². The summed E-state index contributed by atoms with van der Waals surface area (Å²) < 4.78 is 23.6. The number of hydrogen-bond donors (Lipinski definition) is 1. The van der Waals surface area contributed by atoms with Gasteiger partial charge in [-0.2, -0.15) is 0 Å². The molecule has 0 heterocycles. The Labute approximate surface area is 89.0 Å². The number of benzene rings is 1. The molecule has 1 rings (SSSR count). The van der Waals surface area contributed by atoms with Gasteiger partial charge in [-0.05, 0) is 13.0 Å². The second-order valence-corrected chi connectivity index (χ2v) is 3.41. The van der Waals surface area contributed by atoms with Gasteiger partial charge in [0.25, 0.3) is 0 Å². The molecule has 0 fully saturated rings. The van der Waals surface area contributed by atoms with Crippen molar-refractivity contribution in [2.45, 2.75) is 19.6 Å². The summed E-state index contributed by atoms with van der Waals surface area (Å²) in [5, 5.41) is 0. The van der Waals surface area contributed by atoms with E-state index < -0.39 is 0 Å². The van der Waals surface area contributed by atoms with Crippen LogP contribution in [0.3, 0.4) is 0 Å². The molecule has 15 heavy (non-hydrogen) atoms. The lowest BCUT2D eigenvalue weighted by Gasteiger charge is -2.13. The van der Waals surface area contributed by atoms with Crippen LogP contribution in [0.5, 0.6) is 5.75 Å². The second kappa shape index (κ2) is 5.09. The molecule has 0 aliphatic rings. The quantitative estimate of drug-likeness (QED) is 0.832. The minimum Gasteiger partial charge on any atom is -0.496 e. The number of methoxy groups -OCH3 is 2. The van der Waals surface area contributed by atoms with E-state index in [1.54, 1.807) is 20.1 Å². The summed E-state index contributed by atoms with van der Waals surface area (Å²) in [6.07, 6.45) is 0. The van der Waals surface area contributed by atoms with Crippen LogP contribution < -0.4 is 10.5 Å². The Kier molecular flexibility index (Phi) is 4.05. The Hall–Kier alpha value is -1.13. The Balaban J connectivity index is 3.17. The highest BCUT2D eigenvalue weighted by atomic mass is 19.1. The van der Waals surface area contributed by atoms with Crippen molar-refractivity contribution in [1.82, 2.24) is 0 Å². The Bertz CT molecular complexity index is 340. The highest BCUT2D eigenvalue weighted by molar-refractivity contribution is 5.39. The molecular weight excluding hydrogens is 197 g/mol. The number of nitrogens with two attached hydrogens (primary N) is 1. The summed E-state index contributed by atoms with van der Waals surface area (Å²) in [6.45, 7) is 2.12. The van der Waals surface area contributed by atoms with Crippen molar-refractivity contribution in [2.24, 2.45) is 5.73 Å². The molecule has 1 aromatic rings. The normalized spacial score (nSPS) is 12.6. The molecule has 0 aliphatic carbocycles. The summed E-state index contributed by atoms with van der Waals surface area (Å²) in [5.74, 6) is 0.139. The van der Waals surface area contributed by atoms with Crippen LogP contribution in [0.15, 0.2) is 12.1 Å². The van der Waals surface area contributed by atoms with Gasteiger partial charge in [-0.15, -0.1) is 0 Å². The van der Waals surface area contributed by atoms with Gasteiger partial charge in [0.05, 0.1) is 13.7 Å². The minimum atomic E-state index is -0.346. The Morgan fingerprint density at radius 1 is 1.40 bits per heavy atom. The molecule has 0 bridgehead atoms. The molecule has 3 nitrogen and oxygen atoms in total. The maximum atomic E-state index is 13.5. The van der Waals surface area contributed by atoms with E-state index in [4.69, 9.17) is 15.2 Å². The molecule has 1 atom stereocenters. The van der Waals surface area contributed by atoms with Gasteiger partial charge in [-0.25, -0.2) is 4.39 Å². The SMILES string of the molecule is COCc1cc(C(C)N)c(F)cc1OC. The number of halogens is 1. The molecule has 1 unspecified atom stereocenters. The summed E-state index contributed by atoms with van der Waals surface area (Å²) in [7, 11) is 3.08. The van der Waals surface area contributed by atoms with Crippen LogP contribution in [0, 0.1) is 5.82 Å². The van der Waals surface area contributed by atoms with Gasteiger partial charge < -0.3 is 15.2 Å². The average Bonchev–Trinajstić information content (AvgIpc) is 2.20. The zero-order chi connectivity index (χ0) is 11.4. The zero-order valence-corrected chi connectivity index (χ0v) is 9.21. The van der Waals surface area contributed by atoms with Gasteiger partial charge in [0, 0.05) is 30.3 Å². The molecular formula is C11H16FNO2. The van der Waals surface area contributed by atoms with Crippen LogP contribution in [0.1, 0.15) is 24.1 Å². The van der Waals surface area contributed by atoms with Crippen molar-refractivity contribution in [2.75, 3.05) is 14.2 Å². The molecule has 0 saturated carbocycles. The lowest BCUT2D eigenvalue weighted by Crippen LogP contribution is -2.09. The molecule has 0 radical (unpaired) electrons. The van der Waals surface area contributed by atoms with Crippen molar-refractivity contribution < 1.29 is 13.9 Å². The fourth-order valence-electron chi connectivity index (χ4n) is 1.43. The van der Waals surface area contributed by atoms with E-state index in [2.05, 4.69) is 0 Å². The Morgan fingerprint density at radius 2 is 2.07 bits per heavy atom. The summed E-state index contributed by atoms with van der Waals surface area (Å²) in [5.41, 5.74) is 6.92. The monoisotopic (exact) mass is 213 g/mol. The Morgan fingerprint density at radius 3 is 2.53 bits per heavy atom. The molecule has 0 aromatic heterocycles. The topological polar surface area (TPSA) is 44.5 Å². The lowest BCUT2D eigenvalue weighted by molar-refractivity contribution is 0.181. The van der Waals surface area contributed by atoms with E-state index in [1.807, 2.05) is 0 Å². The third kappa shape index (κ3) is 2.67. The van der Waals surface area contributed by atoms with Crippen LogP contribution in [0.25, 0.3) is 0 Å². The van der Waals surface area contributed by atoms with E-state index in [-0.39, 0.29) is 11.9 Å². The lowest BCUT2D eigenvalue weighted by atomic mass is 10.0. The number of ether oxygens (including phenoxy) is 2. The van der Waals surface area contributed by atoms with E-state index in [1.165, 1.54) is 13.2 Å². The minimum absolute atomic E-state index is 0.341. The summed E-state index contributed by atoms with van der Waals surface area (Å²) >= 11 is 0. The maximum Gasteiger partial charge on any atom is 0.131 e. The maximum absolute atomic E-state index is 13.5. The van der Waals surface area contributed by atoms with Crippen molar-refractivity contribution in [1.29, 1.82) is 0 Å². The standard InChI is InChI=1S/C11H16FNO2/c1-7(13)9-4-8(6-14-2)11(15-3)5-10(9)12/h4-5,7H,6,13H2,1-3H3. The largest absolute Gasteiger partial charge is 0.496 e. The van der Waals surface area contributed by atoms with Crippen molar-refractivity contribution in [3.8, 4) is 5.75 Å². The first-order valence-electron chi connectivity index (χ1n) is 4.71. The number of hydrogen-bond acceptors (Lipinski definition) is 3. The highest BCUT2D eigenvalue weighted by Gasteiger charge is 2.12. The predicted molar refractivity (Wildman–Crippen MR) is 56.3 cm³/mol. The fourth-order valence-corrected chi connectivity index (χ4v) is 1.43. The third-order valence-corrected chi connectivity index (χ3v) is 2.19. The third-order valence-electron chi connectivity index (χ3n) is 2.19. The van der Waals surface area contributed by atoms with Crippen molar-refractivity contribution in [3.05, 3.63) is 29.1 Å². The van der Waals surface area contributed by atoms with Gasteiger partial charge >= 0.3 is 0 Å². The first kappa shape index (κ1) is 11.9. The summed E-state index contributed by atoms with van der Waals surface area (Å²) in [6, 6.07) is 2.68. The molecule has 1 aromatic carbocycles.